The van der Waals surface area contributed by atoms with E-state index < -0.39 is 6.10 Å². The second-order valence-electron chi connectivity index (χ2n) is 4.18. The van der Waals surface area contributed by atoms with E-state index in [0.29, 0.717) is 6.42 Å². The zero-order valence-electron chi connectivity index (χ0n) is 10.6. The van der Waals surface area contributed by atoms with E-state index in [-0.39, 0.29) is 0 Å². The van der Waals surface area contributed by atoms with E-state index in [1.165, 1.54) is 0 Å². The van der Waals surface area contributed by atoms with Gasteiger partial charge in [-0.15, -0.1) is 11.3 Å². The molecule has 98 valence electrons. The van der Waals surface area contributed by atoms with Crippen LogP contribution in [0.2, 0.25) is 0 Å². The number of aromatic nitrogens is 2. The van der Waals surface area contributed by atoms with Gasteiger partial charge in [-0.1, -0.05) is 6.92 Å². The molecule has 0 amide bonds. The molecule has 0 aliphatic heterocycles. The van der Waals surface area contributed by atoms with Crippen LogP contribution in [0.5, 0.6) is 0 Å². The Morgan fingerprint density at radius 2 is 2.22 bits per heavy atom. The minimum Gasteiger partial charge on any atom is -0.387 e. The summed E-state index contributed by atoms with van der Waals surface area (Å²) >= 11 is 4.99. The zero-order valence-corrected chi connectivity index (χ0v) is 13.0. The summed E-state index contributed by atoms with van der Waals surface area (Å²) in [7, 11) is 0. The monoisotopic (exact) mass is 328 g/mol. The van der Waals surface area contributed by atoms with Crippen molar-refractivity contribution in [1.82, 2.24) is 9.78 Å². The SMILES string of the molecule is CCc1cc(CC(O)c2cc(Br)cs2)n(CC)n1. The smallest absolute Gasteiger partial charge is 0.0937 e. The van der Waals surface area contributed by atoms with Crippen molar-refractivity contribution in [3.8, 4) is 0 Å². The minimum absolute atomic E-state index is 0.451. The van der Waals surface area contributed by atoms with Gasteiger partial charge in [0.25, 0.3) is 0 Å². The Bertz CT molecular complexity index is 521. The number of hydrogen-bond donors (Lipinski definition) is 1. The summed E-state index contributed by atoms with van der Waals surface area (Å²) in [6.07, 6.45) is 1.10. The molecule has 1 atom stereocenters. The maximum Gasteiger partial charge on any atom is 0.0937 e. The molecule has 0 bridgehead atoms. The third kappa shape index (κ3) is 3.02. The van der Waals surface area contributed by atoms with Gasteiger partial charge < -0.3 is 5.11 Å². The van der Waals surface area contributed by atoms with Crippen LogP contribution in [0.4, 0.5) is 0 Å². The fraction of sp³-hybridized carbons (Fsp3) is 0.462. The predicted molar refractivity (Wildman–Crippen MR) is 78.0 cm³/mol. The van der Waals surface area contributed by atoms with E-state index in [4.69, 9.17) is 0 Å². The summed E-state index contributed by atoms with van der Waals surface area (Å²) in [4.78, 5) is 0.990. The van der Waals surface area contributed by atoms with Crippen LogP contribution in [-0.4, -0.2) is 14.9 Å². The molecule has 0 spiro atoms. The summed E-state index contributed by atoms with van der Waals surface area (Å²) < 4.78 is 3.00. The molecular formula is C13H17BrN2OS. The van der Waals surface area contributed by atoms with E-state index in [9.17, 15) is 5.11 Å². The van der Waals surface area contributed by atoms with Crippen LogP contribution >= 0.6 is 27.3 Å². The van der Waals surface area contributed by atoms with Crippen LogP contribution in [0.1, 0.15) is 36.2 Å². The molecule has 0 aromatic carbocycles. The van der Waals surface area contributed by atoms with E-state index in [1.54, 1.807) is 11.3 Å². The van der Waals surface area contributed by atoms with Crippen molar-refractivity contribution < 1.29 is 5.11 Å². The maximum absolute atomic E-state index is 10.2. The maximum atomic E-state index is 10.2. The summed E-state index contributed by atoms with van der Waals surface area (Å²) in [5.41, 5.74) is 2.19. The summed E-state index contributed by atoms with van der Waals surface area (Å²) in [5, 5.41) is 16.7. The number of rotatable bonds is 5. The number of aliphatic hydroxyl groups is 1. The standard InChI is InChI=1S/C13H17BrN2OS/c1-3-10-6-11(16(4-2)15-10)7-12(17)13-5-9(14)8-18-13/h5-6,8,12,17H,3-4,7H2,1-2H3. The minimum atomic E-state index is -0.451. The molecular weight excluding hydrogens is 312 g/mol. The summed E-state index contributed by atoms with van der Waals surface area (Å²) in [5.74, 6) is 0. The molecule has 0 fully saturated rings. The third-order valence-corrected chi connectivity index (χ3v) is 4.69. The Balaban J connectivity index is 2.15. The van der Waals surface area contributed by atoms with Gasteiger partial charge in [-0.2, -0.15) is 5.10 Å². The Morgan fingerprint density at radius 1 is 1.44 bits per heavy atom. The topological polar surface area (TPSA) is 38.0 Å². The average molecular weight is 329 g/mol. The second-order valence-corrected chi connectivity index (χ2v) is 6.04. The molecule has 3 nitrogen and oxygen atoms in total. The van der Waals surface area contributed by atoms with Gasteiger partial charge >= 0.3 is 0 Å². The molecule has 2 aromatic heterocycles. The van der Waals surface area contributed by atoms with Crippen molar-refractivity contribution in [2.75, 3.05) is 0 Å². The predicted octanol–water partition coefficient (Wildman–Crippen LogP) is 3.57. The van der Waals surface area contributed by atoms with Crippen molar-refractivity contribution in [2.24, 2.45) is 0 Å². The van der Waals surface area contributed by atoms with E-state index >= 15 is 0 Å². The lowest BCUT2D eigenvalue weighted by Gasteiger charge is -2.09. The normalized spacial score (nSPS) is 12.9. The Hall–Kier alpha value is -0.650. The fourth-order valence-electron chi connectivity index (χ4n) is 1.93. The molecule has 2 rings (SSSR count). The number of halogens is 1. The van der Waals surface area contributed by atoms with Crippen LogP contribution in [0.15, 0.2) is 22.0 Å². The highest BCUT2D eigenvalue weighted by molar-refractivity contribution is 9.10. The van der Waals surface area contributed by atoms with Gasteiger partial charge in [0, 0.05) is 33.4 Å². The van der Waals surface area contributed by atoms with Crippen molar-refractivity contribution >= 4 is 27.3 Å². The lowest BCUT2D eigenvalue weighted by Crippen LogP contribution is -2.07. The molecule has 0 saturated carbocycles. The first-order chi connectivity index (χ1) is 8.63. The molecule has 18 heavy (non-hydrogen) atoms. The summed E-state index contributed by atoms with van der Waals surface area (Å²) in [6.45, 7) is 5.01. The summed E-state index contributed by atoms with van der Waals surface area (Å²) in [6, 6.07) is 4.07. The van der Waals surface area contributed by atoms with E-state index in [2.05, 4.69) is 40.9 Å². The van der Waals surface area contributed by atoms with Crippen molar-refractivity contribution in [3.63, 3.8) is 0 Å². The average Bonchev–Trinajstić information content (AvgIpc) is 2.95. The van der Waals surface area contributed by atoms with Gasteiger partial charge in [-0.05, 0) is 41.4 Å². The molecule has 2 aromatic rings. The van der Waals surface area contributed by atoms with Gasteiger partial charge in [0.2, 0.25) is 0 Å². The molecule has 1 N–H and O–H groups in total. The largest absolute Gasteiger partial charge is 0.387 e. The van der Waals surface area contributed by atoms with Gasteiger partial charge in [0.05, 0.1) is 11.8 Å². The second kappa shape index (κ2) is 5.99. The third-order valence-electron chi connectivity index (χ3n) is 2.89. The molecule has 1 unspecified atom stereocenters. The number of aliphatic hydroxyl groups excluding tert-OH is 1. The van der Waals surface area contributed by atoms with Crippen molar-refractivity contribution in [2.45, 2.75) is 39.3 Å². The molecule has 0 radical (unpaired) electrons. The van der Waals surface area contributed by atoms with Crippen molar-refractivity contribution in [3.05, 3.63) is 38.3 Å². The van der Waals surface area contributed by atoms with Gasteiger partial charge in [0.1, 0.15) is 0 Å². The highest BCUT2D eigenvalue weighted by Gasteiger charge is 2.14. The van der Waals surface area contributed by atoms with Crippen molar-refractivity contribution in [1.29, 1.82) is 0 Å². The first-order valence-corrected chi connectivity index (χ1v) is 7.78. The highest BCUT2D eigenvalue weighted by atomic mass is 79.9. The molecule has 0 saturated heterocycles. The van der Waals surface area contributed by atoms with E-state index in [0.717, 1.165) is 33.7 Å². The number of thiophene rings is 1. The van der Waals surface area contributed by atoms with Crippen LogP contribution in [0.25, 0.3) is 0 Å². The zero-order chi connectivity index (χ0) is 13.1. The highest BCUT2D eigenvalue weighted by Crippen LogP contribution is 2.28. The van der Waals surface area contributed by atoms with Crippen LogP contribution in [0, 0.1) is 0 Å². The Labute approximate surface area is 120 Å². The Kier molecular flexibility index (Phi) is 4.59. The first kappa shape index (κ1) is 13.8. The molecule has 0 aliphatic rings. The van der Waals surface area contributed by atoms with Crippen LogP contribution < -0.4 is 0 Å². The Morgan fingerprint density at radius 3 is 2.78 bits per heavy atom. The van der Waals surface area contributed by atoms with Gasteiger partial charge in [-0.3, -0.25) is 4.68 Å². The molecule has 2 heterocycles. The quantitative estimate of drug-likeness (QED) is 0.911. The number of hydrogen-bond acceptors (Lipinski definition) is 3. The first-order valence-electron chi connectivity index (χ1n) is 6.11. The van der Waals surface area contributed by atoms with Gasteiger partial charge in [-0.25, -0.2) is 0 Å². The number of nitrogens with zero attached hydrogens (tertiary/aromatic N) is 2. The fourth-order valence-corrected chi connectivity index (χ4v) is 3.36. The molecule has 5 heteroatoms. The van der Waals surface area contributed by atoms with Crippen LogP contribution in [0.3, 0.4) is 0 Å². The number of aryl methyl sites for hydroxylation is 2. The van der Waals surface area contributed by atoms with Crippen LogP contribution in [-0.2, 0) is 19.4 Å². The lowest BCUT2D eigenvalue weighted by molar-refractivity contribution is 0.179. The van der Waals surface area contributed by atoms with Gasteiger partial charge in [0.15, 0.2) is 0 Å². The van der Waals surface area contributed by atoms with E-state index in [1.807, 2.05) is 16.1 Å². The lowest BCUT2D eigenvalue weighted by atomic mass is 10.1. The molecule has 0 aliphatic carbocycles.